The molecule has 2 aliphatic rings. The van der Waals surface area contributed by atoms with E-state index in [4.69, 9.17) is 4.98 Å². The zero-order valence-electron chi connectivity index (χ0n) is 19.4. The fourth-order valence-corrected chi connectivity index (χ4v) is 7.59. The van der Waals surface area contributed by atoms with E-state index in [1.54, 1.807) is 27.8 Å². The van der Waals surface area contributed by atoms with Crippen LogP contribution in [0, 0.1) is 0 Å². The van der Waals surface area contributed by atoms with Gasteiger partial charge in [0.05, 0.1) is 20.1 Å². The second-order valence-corrected chi connectivity index (χ2v) is 12.3. The van der Waals surface area contributed by atoms with E-state index in [2.05, 4.69) is 12.1 Å². The van der Waals surface area contributed by atoms with Crippen molar-refractivity contribution in [3.63, 3.8) is 0 Å². The molecule has 0 unspecified atom stereocenters. The molecule has 0 atom stereocenters. The van der Waals surface area contributed by atoms with E-state index in [9.17, 15) is 13.2 Å². The van der Waals surface area contributed by atoms with Crippen LogP contribution in [0.1, 0.15) is 55.0 Å². The van der Waals surface area contributed by atoms with Crippen LogP contribution in [0.5, 0.6) is 0 Å². The largest absolute Gasteiger partial charge is 0.343 e. The minimum absolute atomic E-state index is 0.174. The average Bonchev–Trinajstić information content (AvgIpc) is 3.32. The van der Waals surface area contributed by atoms with Gasteiger partial charge in [-0.15, -0.1) is 11.3 Å². The highest BCUT2D eigenvalue weighted by Gasteiger charge is 2.27. The van der Waals surface area contributed by atoms with Gasteiger partial charge in [-0.3, -0.25) is 4.79 Å². The zero-order valence-corrected chi connectivity index (χ0v) is 21.0. The van der Waals surface area contributed by atoms with E-state index >= 15 is 0 Å². The van der Waals surface area contributed by atoms with Crippen molar-refractivity contribution in [1.82, 2.24) is 14.2 Å². The molecule has 0 spiro atoms. The van der Waals surface area contributed by atoms with Gasteiger partial charge in [0.1, 0.15) is 0 Å². The molecule has 5 rings (SSSR count). The number of amides is 1. The van der Waals surface area contributed by atoms with Crippen molar-refractivity contribution < 1.29 is 13.2 Å². The zero-order chi connectivity index (χ0) is 23.5. The molecule has 2 saturated heterocycles. The fourth-order valence-electron chi connectivity index (χ4n) is 4.93. The summed E-state index contributed by atoms with van der Waals surface area (Å²) in [6, 6.07) is 15.3. The van der Waals surface area contributed by atoms with Gasteiger partial charge < -0.3 is 4.90 Å². The number of aromatic nitrogens is 1. The maximum absolute atomic E-state index is 12.8. The summed E-state index contributed by atoms with van der Waals surface area (Å²) in [6.45, 7) is 2.75. The molecule has 0 aliphatic carbocycles. The second kappa shape index (κ2) is 10.1. The molecule has 2 aliphatic heterocycles. The number of nitrogens with zero attached hydrogens (tertiary/aromatic N) is 3. The number of sulfonamides is 1. The fraction of sp³-hybridized carbons (Fsp3) is 0.462. The van der Waals surface area contributed by atoms with Crippen LogP contribution in [0.4, 0.5) is 0 Å². The number of likely N-dealkylation sites (tertiary alicyclic amines) is 1. The van der Waals surface area contributed by atoms with Crippen LogP contribution >= 0.6 is 11.3 Å². The molecule has 0 saturated carbocycles. The molecule has 180 valence electrons. The molecular weight excluding hydrogens is 466 g/mol. The predicted molar refractivity (Wildman–Crippen MR) is 136 cm³/mol. The number of aryl methyl sites for hydroxylation is 1. The highest BCUT2D eigenvalue weighted by molar-refractivity contribution is 7.89. The monoisotopic (exact) mass is 497 g/mol. The Kier molecular flexibility index (Phi) is 6.99. The number of hydrogen-bond donors (Lipinski definition) is 0. The molecule has 3 aromatic rings. The number of hydrogen-bond acceptors (Lipinski definition) is 5. The summed E-state index contributed by atoms with van der Waals surface area (Å²) in [6.07, 6.45) is 5.93. The summed E-state index contributed by atoms with van der Waals surface area (Å²) in [5.41, 5.74) is 2.06. The molecule has 1 amide bonds. The maximum atomic E-state index is 12.8. The first-order valence-corrected chi connectivity index (χ1v) is 14.5. The second-order valence-electron chi connectivity index (χ2n) is 9.28. The quantitative estimate of drug-likeness (QED) is 0.490. The van der Waals surface area contributed by atoms with Crippen LogP contribution in [0.2, 0.25) is 0 Å². The van der Waals surface area contributed by atoms with Gasteiger partial charge in [-0.1, -0.05) is 30.7 Å². The number of rotatable bonds is 6. The number of para-hydroxylation sites is 1. The molecule has 2 fully saturated rings. The number of carbonyl (C=O) groups excluding carboxylic acids is 1. The Morgan fingerprint density at radius 1 is 0.941 bits per heavy atom. The molecule has 6 nitrogen and oxygen atoms in total. The Morgan fingerprint density at radius 2 is 1.65 bits per heavy atom. The van der Waals surface area contributed by atoms with Crippen molar-refractivity contribution in [2.45, 2.75) is 55.8 Å². The Labute approximate surface area is 205 Å². The summed E-state index contributed by atoms with van der Waals surface area (Å²) in [4.78, 5) is 19.9. The van der Waals surface area contributed by atoms with Crippen molar-refractivity contribution in [2.75, 3.05) is 26.2 Å². The molecule has 34 heavy (non-hydrogen) atoms. The summed E-state index contributed by atoms with van der Waals surface area (Å²) in [5, 5.41) is 1.19. The van der Waals surface area contributed by atoms with Gasteiger partial charge in [-0.25, -0.2) is 13.4 Å². The van der Waals surface area contributed by atoms with Crippen LogP contribution in [0.15, 0.2) is 53.4 Å². The lowest BCUT2D eigenvalue weighted by atomic mass is 9.97. The van der Waals surface area contributed by atoms with Gasteiger partial charge in [-0.05, 0) is 61.9 Å². The highest BCUT2D eigenvalue weighted by atomic mass is 32.2. The predicted octanol–water partition coefficient (Wildman–Crippen LogP) is 4.81. The van der Waals surface area contributed by atoms with E-state index in [1.807, 2.05) is 29.2 Å². The smallest absolute Gasteiger partial charge is 0.243 e. The van der Waals surface area contributed by atoms with E-state index in [0.29, 0.717) is 36.7 Å². The van der Waals surface area contributed by atoms with Gasteiger partial charge >= 0.3 is 0 Å². The third kappa shape index (κ3) is 5.04. The first kappa shape index (κ1) is 23.5. The molecule has 1 aromatic heterocycles. The molecule has 0 bridgehead atoms. The van der Waals surface area contributed by atoms with Gasteiger partial charge in [0.25, 0.3) is 0 Å². The number of thiazole rings is 1. The summed E-state index contributed by atoms with van der Waals surface area (Å²) < 4.78 is 28.4. The van der Waals surface area contributed by atoms with Crippen molar-refractivity contribution in [1.29, 1.82) is 0 Å². The normalized spacial score (nSPS) is 18.4. The van der Waals surface area contributed by atoms with E-state index in [1.165, 1.54) is 9.71 Å². The molecule has 3 heterocycles. The molecule has 2 aromatic carbocycles. The lowest BCUT2D eigenvalue weighted by molar-refractivity contribution is -0.132. The first-order chi connectivity index (χ1) is 16.5. The molecule has 8 heteroatoms. The minimum Gasteiger partial charge on any atom is -0.343 e. The van der Waals surface area contributed by atoms with Crippen molar-refractivity contribution in [3.05, 3.63) is 59.1 Å². The Balaban J connectivity index is 1.12. The van der Waals surface area contributed by atoms with Crippen LogP contribution in [0.25, 0.3) is 10.2 Å². The van der Waals surface area contributed by atoms with Crippen LogP contribution < -0.4 is 0 Å². The molecule has 0 radical (unpaired) electrons. The van der Waals surface area contributed by atoms with Gasteiger partial charge in [0, 0.05) is 38.5 Å². The lowest BCUT2D eigenvalue weighted by Gasteiger charge is -2.31. The average molecular weight is 498 g/mol. The molecular formula is C26H31N3O3S2. The molecule has 0 N–H and O–H groups in total. The van der Waals surface area contributed by atoms with Crippen LogP contribution in [-0.4, -0.2) is 54.7 Å². The van der Waals surface area contributed by atoms with Crippen LogP contribution in [-0.2, 0) is 21.2 Å². The number of fused-ring (bicyclic) bond motifs is 1. The van der Waals surface area contributed by atoms with Crippen molar-refractivity contribution in [3.8, 4) is 0 Å². The highest BCUT2D eigenvalue weighted by Crippen LogP contribution is 2.34. The number of carbonyl (C=O) groups is 1. The Morgan fingerprint density at radius 3 is 2.35 bits per heavy atom. The topological polar surface area (TPSA) is 70.6 Å². The minimum atomic E-state index is -3.41. The third-order valence-electron chi connectivity index (χ3n) is 7.01. The van der Waals surface area contributed by atoms with Gasteiger partial charge in [-0.2, -0.15) is 4.31 Å². The first-order valence-electron chi connectivity index (χ1n) is 12.2. The van der Waals surface area contributed by atoms with Crippen molar-refractivity contribution in [2.24, 2.45) is 0 Å². The maximum Gasteiger partial charge on any atom is 0.243 e. The van der Waals surface area contributed by atoms with Gasteiger partial charge in [0.2, 0.25) is 15.9 Å². The van der Waals surface area contributed by atoms with Crippen molar-refractivity contribution >= 4 is 37.5 Å². The SMILES string of the molecule is O=C(CCc1ccc(S(=O)(=O)N2CCCCC2)cc1)N1CCC(c2nc3ccccc3s2)CC1. The summed E-state index contributed by atoms with van der Waals surface area (Å²) in [5.74, 6) is 0.601. The van der Waals surface area contributed by atoms with Gasteiger partial charge in [0.15, 0.2) is 0 Å². The Hall–Kier alpha value is -2.29. The van der Waals surface area contributed by atoms with E-state index in [0.717, 1.165) is 56.3 Å². The standard InChI is InChI=1S/C26H31N3O3S2/c30-25(28-18-14-21(15-19-28)26-27-23-6-2-3-7-24(23)33-26)13-10-20-8-11-22(12-9-20)34(31,32)29-16-4-1-5-17-29/h2-3,6-9,11-12,21H,1,4-5,10,13-19H2. The number of benzene rings is 2. The summed E-state index contributed by atoms with van der Waals surface area (Å²) >= 11 is 1.77. The van der Waals surface area contributed by atoms with E-state index in [-0.39, 0.29) is 5.91 Å². The Bertz CT molecular complexity index is 1210. The van der Waals surface area contributed by atoms with E-state index < -0.39 is 10.0 Å². The van der Waals surface area contributed by atoms with Crippen LogP contribution in [0.3, 0.4) is 0 Å². The lowest BCUT2D eigenvalue weighted by Crippen LogP contribution is -2.38. The number of piperidine rings is 2. The third-order valence-corrected chi connectivity index (χ3v) is 10.1. The summed E-state index contributed by atoms with van der Waals surface area (Å²) in [7, 11) is -3.41.